The van der Waals surface area contributed by atoms with Crippen molar-refractivity contribution in [3.8, 4) is 11.5 Å². The van der Waals surface area contributed by atoms with Gasteiger partial charge in [0, 0.05) is 36.5 Å². The summed E-state index contributed by atoms with van der Waals surface area (Å²) in [7, 11) is 1.53. The number of amides is 2. The second-order valence-electron chi connectivity index (χ2n) is 7.07. The SMILES string of the molecule is CCNC(=O)COc1ccc(CNC(=O)/C=C/c2c(CC)oc3ccccc23)cc1OC. The zero-order valence-electron chi connectivity index (χ0n) is 18.6. The van der Waals surface area contributed by atoms with Crippen LogP contribution >= 0.6 is 0 Å². The van der Waals surface area contributed by atoms with E-state index in [1.54, 1.807) is 18.2 Å². The number of methoxy groups -OCH3 is 1. The van der Waals surface area contributed by atoms with Crippen LogP contribution in [0.25, 0.3) is 17.0 Å². The molecule has 2 aromatic carbocycles. The van der Waals surface area contributed by atoms with Crippen LogP contribution in [0.5, 0.6) is 11.5 Å². The van der Waals surface area contributed by atoms with Gasteiger partial charge in [0.25, 0.3) is 5.91 Å². The Hall–Kier alpha value is -3.74. The molecular weight excluding hydrogens is 408 g/mol. The Kier molecular flexibility index (Phi) is 7.91. The van der Waals surface area contributed by atoms with E-state index in [1.807, 2.05) is 44.2 Å². The van der Waals surface area contributed by atoms with Gasteiger partial charge in [-0.15, -0.1) is 0 Å². The Morgan fingerprint density at radius 3 is 2.62 bits per heavy atom. The number of nitrogens with one attached hydrogen (secondary N) is 2. The van der Waals surface area contributed by atoms with Gasteiger partial charge in [-0.25, -0.2) is 0 Å². The number of fused-ring (bicyclic) bond motifs is 1. The lowest BCUT2D eigenvalue weighted by molar-refractivity contribution is -0.123. The first kappa shape index (κ1) is 22.9. The maximum atomic E-state index is 12.4. The van der Waals surface area contributed by atoms with E-state index >= 15 is 0 Å². The lowest BCUT2D eigenvalue weighted by Crippen LogP contribution is -2.28. The molecule has 7 nitrogen and oxygen atoms in total. The van der Waals surface area contributed by atoms with Gasteiger partial charge in [0.2, 0.25) is 5.91 Å². The lowest BCUT2D eigenvalue weighted by atomic mass is 10.1. The molecule has 168 valence electrons. The Labute approximate surface area is 187 Å². The van der Waals surface area contributed by atoms with E-state index in [9.17, 15) is 9.59 Å². The molecule has 1 heterocycles. The molecule has 2 amide bonds. The van der Waals surface area contributed by atoms with Crippen molar-refractivity contribution in [2.24, 2.45) is 0 Å². The predicted octanol–water partition coefficient (Wildman–Crippen LogP) is 3.85. The predicted molar refractivity (Wildman–Crippen MR) is 124 cm³/mol. The minimum absolute atomic E-state index is 0.0898. The van der Waals surface area contributed by atoms with Gasteiger partial charge in [0.05, 0.1) is 7.11 Å². The van der Waals surface area contributed by atoms with Crippen molar-refractivity contribution in [2.75, 3.05) is 20.3 Å². The van der Waals surface area contributed by atoms with Crippen molar-refractivity contribution >= 4 is 28.9 Å². The molecule has 0 saturated heterocycles. The molecule has 7 heteroatoms. The molecule has 0 atom stereocenters. The lowest BCUT2D eigenvalue weighted by Gasteiger charge is -2.12. The number of furan rings is 1. The average Bonchev–Trinajstić information content (AvgIpc) is 3.18. The van der Waals surface area contributed by atoms with Gasteiger partial charge < -0.3 is 24.5 Å². The highest BCUT2D eigenvalue weighted by atomic mass is 16.5. The van der Waals surface area contributed by atoms with Gasteiger partial charge in [-0.3, -0.25) is 9.59 Å². The highest BCUT2D eigenvalue weighted by Crippen LogP contribution is 2.28. The van der Waals surface area contributed by atoms with Crippen LogP contribution in [0.15, 0.2) is 53.0 Å². The molecule has 0 aliphatic rings. The zero-order chi connectivity index (χ0) is 22.9. The van der Waals surface area contributed by atoms with Crippen molar-refractivity contribution in [3.05, 3.63) is 65.4 Å². The standard InChI is InChI=1S/C25H28N2O5/c1-4-20-19(18-8-6-7-9-21(18)32-20)11-13-24(28)27-15-17-10-12-22(23(14-17)30-3)31-16-25(29)26-5-2/h6-14H,4-5,15-16H2,1-3H3,(H,26,29)(H,27,28)/b13-11+. The molecule has 0 spiro atoms. The summed E-state index contributed by atoms with van der Waals surface area (Å²) < 4.78 is 16.7. The van der Waals surface area contributed by atoms with E-state index in [-0.39, 0.29) is 18.4 Å². The molecule has 1 aromatic heterocycles. The number of hydrogen-bond acceptors (Lipinski definition) is 5. The van der Waals surface area contributed by atoms with Crippen LogP contribution in [-0.4, -0.2) is 32.1 Å². The molecule has 0 fully saturated rings. The number of para-hydroxylation sites is 1. The monoisotopic (exact) mass is 436 g/mol. The molecule has 0 unspecified atom stereocenters. The molecule has 3 rings (SSSR count). The second-order valence-corrected chi connectivity index (χ2v) is 7.07. The fourth-order valence-corrected chi connectivity index (χ4v) is 3.30. The molecule has 0 radical (unpaired) electrons. The smallest absolute Gasteiger partial charge is 0.257 e. The summed E-state index contributed by atoms with van der Waals surface area (Å²) in [5.74, 6) is 1.40. The van der Waals surface area contributed by atoms with E-state index in [4.69, 9.17) is 13.9 Å². The Bertz CT molecular complexity index is 1120. The molecule has 0 aliphatic heterocycles. The molecule has 32 heavy (non-hydrogen) atoms. The average molecular weight is 437 g/mol. The quantitative estimate of drug-likeness (QED) is 0.471. The van der Waals surface area contributed by atoms with Crippen molar-refractivity contribution in [1.82, 2.24) is 10.6 Å². The van der Waals surface area contributed by atoms with Crippen LogP contribution in [0, 0.1) is 0 Å². The van der Waals surface area contributed by atoms with Crippen LogP contribution < -0.4 is 20.1 Å². The van der Waals surface area contributed by atoms with Crippen LogP contribution in [0.1, 0.15) is 30.7 Å². The number of carbonyl (C=O) groups is 2. The largest absolute Gasteiger partial charge is 0.493 e. The third-order valence-electron chi connectivity index (χ3n) is 4.86. The van der Waals surface area contributed by atoms with Gasteiger partial charge in [0.15, 0.2) is 18.1 Å². The highest BCUT2D eigenvalue weighted by molar-refractivity contribution is 5.96. The first-order chi connectivity index (χ1) is 15.5. The van der Waals surface area contributed by atoms with Gasteiger partial charge in [-0.2, -0.15) is 0 Å². The van der Waals surface area contributed by atoms with Gasteiger partial charge in [0.1, 0.15) is 11.3 Å². The van der Waals surface area contributed by atoms with Crippen LogP contribution in [0.3, 0.4) is 0 Å². The minimum Gasteiger partial charge on any atom is -0.493 e. The second kappa shape index (κ2) is 11.0. The fourth-order valence-electron chi connectivity index (χ4n) is 3.30. The highest BCUT2D eigenvalue weighted by Gasteiger charge is 2.11. The number of carbonyl (C=O) groups excluding carboxylic acids is 2. The van der Waals surface area contributed by atoms with E-state index in [1.165, 1.54) is 13.2 Å². The maximum absolute atomic E-state index is 12.4. The van der Waals surface area contributed by atoms with Crippen LogP contribution in [0.4, 0.5) is 0 Å². The topological polar surface area (TPSA) is 89.8 Å². The van der Waals surface area contributed by atoms with Crippen molar-refractivity contribution in [3.63, 3.8) is 0 Å². The minimum atomic E-state index is -0.215. The molecule has 0 bridgehead atoms. The summed E-state index contributed by atoms with van der Waals surface area (Å²) in [5.41, 5.74) is 2.58. The van der Waals surface area contributed by atoms with Gasteiger partial charge >= 0.3 is 0 Å². The summed E-state index contributed by atoms with van der Waals surface area (Å²) >= 11 is 0. The summed E-state index contributed by atoms with van der Waals surface area (Å²) in [6.07, 6.45) is 4.04. The number of aryl methyl sites for hydroxylation is 1. The van der Waals surface area contributed by atoms with Crippen LogP contribution in [0.2, 0.25) is 0 Å². The van der Waals surface area contributed by atoms with Crippen molar-refractivity contribution < 1.29 is 23.5 Å². The van der Waals surface area contributed by atoms with E-state index in [0.29, 0.717) is 24.6 Å². The molecule has 0 aliphatic carbocycles. The van der Waals surface area contributed by atoms with E-state index < -0.39 is 0 Å². The first-order valence-electron chi connectivity index (χ1n) is 10.6. The first-order valence-corrected chi connectivity index (χ1v) is 10.6. The van der Waals surface area contributed by atoms with E-state index in [0.717, 1.165) is 34.3 Å². The Morgan fingerprint density at radius 1 is 1.06 bits per heavy atom. The molecular formula is C25H28N2O5. The number of benzene rings is 2. The normalized spacial score (nSPS) is 11.0. The number of hydrogen-bond donors (Lipinski definition) is 2. The summed E-state index contributed by atoms with van der Waals surface area (Å²) in [4.78, 5) is 24.0. The summed E-state index contributed by atoms with van der Waals surface area (Å²) in [6, 6.07) is 13.1. The molecule has 3 aromatic rings. The maximum Gasteiger partial charge on any atom is 0.257 e. The zero-order valence-corrected chi connectivity index (χ0v) is 18.6. The van der Waals surface area contributed by atoms with Gasteiger partial charge in [-0.05, 0) is 36.8 Å². The number of rotatable bonds is 10. The molecule has 2 N–H and O–H groups in total. The van der Waals surface area contributed by atoms with Gasteiger partial charge in [-0.1, -0.05) is 31.2 Å². The Morgan fingerprint density at radius 2 is 1.88 bits per heavy atom. The van der Waals surface area contributed by atoms with E-state index in [2.05, 4.69) is 10.6 Å². The Balaban J connectivity index is 1.62. The van der Waals surface area contributed by atoms with Crippen molar-refractivity contribution in [2.45, 2.75) is 26.8 Å². The third kappa shape index (κ3) is 5.69. The fraction of sp³-hybridized carbons (Fsp3) is 0.280. The molecule has 0 saturated carbocycles. The third-order valence-corrected chi connectivity index (χ3v) is 4.86. The van der Waals surface area contributed by atoms with Crippen molar-refractivity contribution in [1.29, 1.82) is 0 Å². The summed E-state index contributed by atoms with van der Waals surface area (Å²) in [5, 5.41) is 6.53. The number of likely N-dealkylation sites (N-methyl/N-ethyl adjacent to an activating group) is 1. The number of ether oxygens (including phenoxy) is 2. The van der Waals surface area contributed by atoms with Crippen LogP contribution in [-0.2, 0) is 22.6 Å². The summed E-state index contributed by atoms with van der Waals surface area (Å²) in [6.45, 7) is 4.64.